The molecule has 8 heteroatoms. The van der Waals surface area contributed by atoms with Crippen molar-refractivity contribution in [1.29, 1.82) is 0 Å². The van der Waals surface area contributed by atoms with E-state index >= 15 is 0 Å². The van der Waals surface area contributed by atoms with Crippen molar-refractivity contribution in [2.75, 3.05) is 5.32 Å². The highest BCUT2D eigenvalue weighted by atomic mass is 19.1. The van der Waals surface area contributed by atoms with Crippen molar-refractivity contribution in [1.82, 2.24) is 20.2 Å². The Balaban J connectivity index is 1.72. The van der Waals surface area contributed by atoms with Crippen LogP contribution in [0.15, 0.2) is 36.5 Å². The third-order valence-corrected chi connectivity index (χ3v) is 3.27. The highest BCUT2D eigenvalue weighted by Crippen LogP contribution is 2.23. The van der Waals surface area contributed by atoms with Gasteiger partial charge in [-0.3, -0.25) is 20.2 Å². The molecule has 6 nitrogen and oxygen atoms in total. The summed E-state index contributed by atoms with van der Waals surface area (Å²) >= 11 is 0. The molecule has 3 rings (SSSR count). The van der Waals surface area contributed by atoms with Gasteiger partial charge >= 0.3 is 0 Å². The van der Waals surface area contributed by atoms with Crippen molar-refractivity contribution in [3.63, 3.8) is 0 Å². The van der Waals surface area contributed by atoms with Gasteiger partial charge in [0.05, 0.1) is 12.0 Å². The highest BCUT2D eigenvalue weighted by molar-refractivity contribution is 5.90. The van der Waals surface area contributed by atoms with Crippen LogP contribution in [0.5, 0.6) is 0 Å². The molecule has 0 bridgehead atoms. The van der Waals surface area contributed by atoms with Gasteiger partial charge in [-0.25, -0.2) is 8.78 Å². The lowest BCUT2D eigenvalue weighted by Crippen LogP contribution is -2.15. The molecule has 0 unspecified atom stereocenters. The molecule has 1 aromatic carbocycles. The summed E-state index contributed by atoms with van der Waals surface area (Å²) in [4.78, 5) is 20.0. The molecule has 0 saturated heterocycles. The second kappa shape index (κ2) is 6.53. The summed E-state index contributed by atoms with van der Waals surface area (Å²) in [6.45, 7) is 1.85. The number of amides is 1. The van der Waals surface area contributed by atoms with Gasteiger partial charge in [0, 0.05) is 11.9 Å². The van der Waals surface area contributed by atoms with Crippen molar-refractivity contribution in [3.05, 3.63) is 59.4 Å². The van der Waals surface area contributed by atoms with Crippen LogP contribution in [0, 0.1) is 18.6 Å². The maximum atomic E-state index is 13.7. The zero-order valence-electron chi connectivity index (χ0n) is 12.7. The van der Waals surface area contributed by atoms with Crippen molar-refractivity contribution in [2.24, 2.45) is 0 Å². The molecule has 0 spiro atoms. The molecule has 0 saturated carbocycles. The molecule has 3 aromatic rings. The summed E-state index contributed by atoms with van der Waals surface area (Å²) < 4.78 is 27.4. The maximum Gasteiger partial charge on any atom is 0.249 e. The van der Waals surface area contributed by atoms with Crippen LogP contribution in [0.3, 0.4) is 0 Å². The Labute approximate surface area is 136 Å². The number of nitrogens with zero attached hydrogens (tertiary/aromatic N) is 3. The Bertz CT molecular complexity index is 856. The van der Waals surface area contributed by atoms with Gasteiger partial charge in [-0.1, -0.05) is 12.1 Å². The topological polar surface area (TPSA) is 83.6 Å². The first-order chi connectivity index (χ1) is 11.5. The molecular weight excluding hydrogens is 316 g/mol. The fourth-order valence-electron chi connectivity index (χ4n) is 2.11. The average Bonchev–Trinajstić information content (AvgIpc) is 2.97. The summed E-state index contributed by atoms with van der Waals surface area (Å²) in [5.41, 5.74) is 1.26. The Morgan fingerprint density at radius 1 is 1.21 bits per heavy atom. The summed E-state index contributed by atoms with van der Waals surface area (Å²) in [7, 11) is 0. The number of aryl methyl sites for hydroxylation is 1. The first-order valence-electron chi connectivity index (χ1n) is 7.11. The summed E-state index contributed by atoms with van der Waals surface area (Å²) in [6.07, 6.45) is 1.69. The van der Waals surface area contributed by atoms with E-state index in [2.05, 4.69) is 25.5 Å². The minimum atomic E-state index is -0.769. The number of nitrogens with one attached hydrogen (secondary N) is 2. The van der Waals surface area contributed by atoms with E-state index < -0.39 is 11.6 Å². The number of halogens is 2. The van der Waals surface area contributed by atoms with E-state index in [-0.39, 0.29) is 29.7 Å². The van der Waals surface area contributed by atoms with E-state index in [1.807, 2.05) is 6.92 Å². The minimum absolute atomic E-state index is 0.0577. The first-order valence-corrected chi connectivity index (χ1v) is 7.11. The number of rotatable bonds is 4. The third-order valence-electron chi connectivity index (χ3n) is 3.27. The highest BCUT2D eigenvalue weighted by Gasteiger charge is 2.16. The number of aromatic nitrogens is 4. The van der Waals surface area contributed by atoms with E-state index in [1.54, 1.807) is 18.3 Å². The molecule has 24 heavy (non-hydrogen) atoms. The summed E-state index contributed by atoms with van der Waals surface area (Å²) in [6, 6.07) is 7.07. The summed E-state index contributed by atoms with van der Waals surface area (Å²) in [5, 5.41) is 8.63. The Hall–Kier alpha value is -3.16. The molecular formula is C16H13F2N5O. The van der Waals surface area contributed by atoms with Crippen molar-refractivity contribution < 1.29 is 13.6 Å². The predicted molar refractivity (Wildman–Crippen MR) is 83.0 cm³/mol. The third kappa shape index (κ3) is 3.43. The second-order valence-corrected chi connectivity index (χ2v) is 5.14. The van der Waals surface area contributed by atoms with Gasteiger partial charge in [0.2, 0.25) is 11.9 Å². The van der Waals surface area contributed by atoms with E-state index in [9.17, 15) is 13.6 Å². The SMILES string of the molecule is Cc1ccc(CC(=O)Nc2n[nH]c(-c3c(F)cccc3F)n2)cn1. The number of pyridine rings is 1. The number of anilines is 1. The standard InChI is InChI=1S/C16H13F2N5O/c1-9-5-6-10(8-19-9)7-13(24)20-16-21-15(22-23-16)14-11(17)3-2-4-12(14)18/h2-6,8H,7H2,1H3,(H2,20,21,22,23,24). The Morgan fingerprint density at radius 3 is 2.62 bits per heavy atom. The quantitative estimate of drug-likeness (QED) is 0.771. The average molecular weight is 329 g/mol. The second-order valence-electron chi connectivity index (χ2n) is 5.14. The van der Waals surface area contributed by atoms with Crippen molar-refractivity contribution in [2.45, 2.75) is 13.3 Å². The zero-order valence-corrected chi connectivity index (χ0v) is 12.7. The predicted octanol–water partition coefficient (Wildman–Crippen LogP) is 2.63. The fourth-order valence-corrected chi connectivity index (χ4v) is 2.11. The molecule has 0 aliphatic carbocycles. The molecule has 0 radical (unpaired) electrons. The van der Waals surface area contributed by atoms with E-state index in [0.717, 1.165) is 23.4 Å². The van der Waals surface area contributed by atoms with E-state index in [4.69, 9.17) is 0 Å². The van der Waals surface area contributed by atoms with Gasteiger partial charge < -0.3 is 0 Å². The van der Waals surface area contributed by atoms with Crippen LogP contribution in [0.2, 0.25) is 0 Å². The molecule has 0 fully saturated rings. The van der Waals surface area contributed by atoms with Gasteiger partial charge in [0.25, 0.3) is 0 Å². The molecule has 0 aliphatic heterocycles. The van der Waals surface area contributed by atoms with Crippen LogP contribution in [0.25, 0.3) is 11.4 Å². The Kier molecular flexibility index (Phi) is 4.28. The number of hydrogen-bond acceptors (Lipinski definition) is 4. The molecule has 2 N–H and O–H groups in total. The first kappa shape index (κ1) is 15.7. The number of carbonyl (C=O) groups excluding carboxylic acids is 1. The molecule has 2 heterocycles. The van der Waals surface area contributed by atoms with Gasteiger partial charge in [0.1, 0.15) is 11.6 Å². The zero-order chi connectivity index (χ0) is 17.1. The maximum absolute atomic E-state index is 13.7. The number of aromatic amines is 1. The minimum Gasteiger partial charge on any atom is -0.293 e. The molecule has 0 aliphatic rings. The smallest absolute Gasteiger partial charge is 0.249 e. The number of H-pyrrole nitrogens is 1. The van der Waals surface area contributed by atoms with Crippen LogP contribution in [0.4, 0.5) is 14.7 Å². The van der Waals surface area contributed by atoms with Gasteiger partial charge in [0.15, 0.2) is 5.82 Å². The lowest BCUT2D eigenvalue weighted by atomic mass is 10.2. The van der Waals surface area contributed by atoms with Crippen LogP contribution in [-0.4, -0.2) is 26.1 Å². The summed E-state index contributed by atoms with van der Waals surface area (Å²) in [5.74, 6) is -2.06. The van der Waals surface area contributed by atoms with Gasteiger partial charge in [-0.2, -0.15) is 4.98 Å². The molecule has 1 amide bonds. The lowest BCUT2D eigenvalue weighted by Gasteiger charge is -2.02. The fraction of sp³-hybridized carbons (Fsp3) is 0.125. The largest absolute Gasteiger partial charge is 0.293 e. The van der Waals surface area contributed by atoms with Crippen LogP contribution in [-0.2, 0) is 11.2 Å². The number of hydrogen-bond donors (Lipinski definition) is 2. The van der Waals surface area contributed by atoms with Gasteiger partial charge in [-0.15, -0.1) is 5.10 Å². The number of benzene rings is 1. The normalized spacial score (nSPS) is 10.6. The van der Waals surface area contributed by atoms with E-state index in [0.29, 0.717) is 0 Å². The molecule has 2 aromatic heterocycles. The van der Waals surface area contributed by atoms with Crippen molar-refractivity contribution >= 4 is 11.9 Å². The molecule has 122 valence electrons. The Morgan fingerprint density at radius 2 is 1.96 bits per heavy atom. The van der Waals surface area contributed by atoms with Crippen LogP contribution < -0.4 is 5.32 Å². The lowest BCUT2D eigenvalue weighted by molar-refractivity contribution is -0.115. The van der Waals surface area contributed by atoms with Crippen molar-refractivity contribution in [3.8, 4) is 11.4 Å². The monoisotopic (exact) mass is 329 g/mol. The van der Waals surface area contributed by atoms with Crippen LogP contribution >= 0.6 is 0 Å². The van der Waals surface area contributed by atoms with Crippen LogP contribution in [0.1, 0.15) is 11.3 Å². The van der Waals surface area contributed by atoms with E-state index in [1.165, 1.54) is 6.07 Å². The molecule has 0 atom stereocenters. The number of carbonyl (C=O) groups is 1. The van der Waals surface area contributed by atoms with Gasteiger partial charge in [-0.05, 0) is 30.7 Å².